The maximum absolute atomic E-state index is 12.2. The largest absolute Gasteiger partial charge is 0.335 e. The van der Waals surface area contributed by atoms with Gasteiger partial charge in [-0.05, 0) is 37.8 Å². The van der Waals surface area contributed by atoms with Gasteiger partial charge in [0.15, 0.2) is 11.0 Å². The van der Waals surface area contributed by atoms with Crippen molar-refractivity contribution in [3.63, 3.8) is 0 Å². The number of amides is 3. The molecule has 156 valence electrons. The Balaban J connectivity index is 1.55. The fourth-order valence-corrected chi connectivity index (χ4v) is 4.54. The molecule has 0 bridgehead atoms. The van der Waals surface area contributed by atoms with Gasteiger partial charge < -0.3 is 9.88 Å². The summed E-state index contributed by atoms with van der Waals surface area (Å²) in [5.41, 5.74) is 0.865. The number of aromatic nitrogens is 3. The van der Waals surface area contributed by atoms with E-state index in [2.05, 4.69) is 27.8 Å². The summed E-state index contributed by atoms with van der Waals surface area (Å²) >= 11 is 7.33. The monoisotopic (exact) mass is 435 g/mol. The quantitative estimate of drug-likeness (QED) is 0.666. The summed E-state index contributed by atoms with van der Waals surface area (Å²) in [6.45, 7) is 4.77. The number of hydrogen-bond acceptors (Lipinski definition) is 5. The third-order valence-electron chi connectivity index (χ3n) is 5.13. The highest BCUT2D eigenvalue weighted by Gasteiger charge is 2.23. The fraction of sp³-hybridized carbons (Fsp3) is 0.500. The first-order valence-corrected chi connectivity index (χ1v) is 11.3. The van der Waals surface area contributed by atoms with Gasteiger partial charge in [-0.15, -0.1) is 10.2 Å². The van der Waals surface area contributed by atoms with Crippen LogP contribution >= 0.6 is 23.4 Å². The zero-order valence-electron chi connectivity index (χ0n) is 16.7. The average molecular weight is 436 g/mol. The average Bonchev–Trinajstić information content (AvgIpc) is 3.11. The molecule has 9 heteroatoms. The number of imide groups is 1. The van der Waals surface area contributed by atoms with E-state index in [1.165, 1.54) is 18.2 Å². The molecule has 2 unspecified atom stereocenters. The van der Waals surface area contributed by atoms with E-state index in [1.54, 1.807) is 6.07 Å². The lowest BCUT2D eigenvalue weighted by atomic mass is 9.86. The minimum atomic E-state index is -0.425. The van der Waals surface area contributed by atoms with E-state index >= 15 is 0 Å². The van der Waals surface area contributed by atoms with Crippen LogP contribution in [0.15, 0.2) is 29.4 Å². The van der Waals surface area contributed by atoms with E-state index < -0.39 is 6.03 Å². The molecule has 1 saturated carbocycles. The molecule has 1 aliphatic carbocycles. The van der Waals surface area contributed by atoms with Crippen LogP contribution in [-0.2, 0) is 11.3 Å². The molecule has 1 aromatic heterocycles. The highest BCUT2D eigenvalue weighted by molar-refractivity contribution is 7.99. The van der Waals surface area contributed by atoms with Crippen molar-refractivity contribution in [2.45, 2.75) is 57.3 Å². The minimum Gasteiger partial charge on any atom is -0.335 e. The molecule has 0 aliphatic heterocycles. The van der Waals surface area contributed by atoms with E-state index in [1.807, 2.05) is 29.7 Å². The molecule has 1 aromatic carbocycles. The minimum absolute atomic E-state index is 0.0846. The number of carbonyl (C=O) groups excluding carboxylic acids is 2. The lowest BCUT2D eigenvalue weighted by Gasteiger charge is -2.29. The first-order valence-electron chi connectivity index (χ1n) is 9.90. The second-order valence-electron chi connectivity index (χ2n) is 7.24. The van der Waals surface area contributed by atoms with Crippen LogP contribution < -0.4 is 10.6 Å². The number of carbonyl (C=O) groups is 2. The maximum Gasteiger partial charge on any atom is 0.321 e. The highest BCUT2D eigenvalue weighted by atomic mass is 35.5. The summed E-state index contributed by atoms with van der Waals surface area (Å²) in [5.74, 6) is 0.862. The summed E-state index contributed by atoms with van der Waals surface area (Å²) < 4.78 is 1.92. The topological polar surface area (TPSA) is 88.9 Å². The van der Waals surface area contributed by atoms with Crippen molar-refractivity contribution in [3.8, 4) is 11.4 Å². The molecule has 0 saturated heterocycles. The number of nitrogens with one attached hydrogen (secondary N) is 2. The van der Waals surface area contributed by atoms with Gasteiger partial charge in [0.05, 0.1) is 5.75 Å². The molecule has 7 nitrogen and oxygen atoms in total. The molecule has 1 fully saturated rings. The lowest BCUT2D eigenvalue weighted by molar-refractivity contribution is -0.117. The number of urea groups is 1. The van der Waals surface area contributed by atoms with Crippen LogP contribution in [0.25, 0.3) is 11.4 Å². The summed E-state index contributed by atoms with van der Waals surface area (Å²) in [5, 5.41) is 15.0. The van der Waals surface area contributed by atoms with E-state index in [0.29, 0.717) is 28.5 Å². The molecular formula is C20H26ClN5O2S. The van der Waals surface area contributed by atoms with Crippen LogP contribution in [0.4, 0.5) is 4.79 Å². The van der Waals surface area contributed by atoms with Crippen LogP contribution in [0.1, 0.15) is 39.5 Å². The third-order valence-corrected chi connectivity index (χ3v) is 6.33. The van der Waals surface area contributed by atoms with Gasteiger partial charge in [0, 0.05) is 23.2 Å². The molecule has 3 amide bonds. The zero-order valence-corrected chi connectivity index (χ0v) is 18.2. The van der Waals surface area contributed by atoms with Gasteiger partial charge in [-0.2, -0.15) is 0 Å². The van der Waals surface area contributed by atoms with Crippen molar-refractivity contribution in [2.24, 2.45) is 5.92 Å². The first-order chi connectivity index (χ1) is 14.0. The highest BCUT2D eigenvalue weighted by Crippen LogP contribution is 2.26. The second kappa shape index (κ2) is 10.1. The van der Waals surface area contributed by atoms with Gasteiger partial charge in [-0.3, -0.25) is 10.1 Å². The van der Waals surface area contributed by atoms with Crippen molar-refractivity contribution in [1.29, 1.82) is 0 Å². The van der Waals surface area contributed by atoms with Crippen LogP contribution in [0.3, 0.4) is 0 Å². The normalized spacial score (nSPS) is 19.0. The number of nitrogens with zero attached hydrogens (tertiary/aromatic N) is 3. The maximum atomic E-state index is 12.2. The van der Waals surface area contributed by atoms with Crippen molar-refractivity contribution < 1.29 is 9.59 Å². The summed E-state index contributed by atoms with van der Waals surface area (Å²) in [4.78, 5) is 24.3. The van der Waals surface area contributed by atoms with E-state index in [4.69, 9.17) is 11.6 Å². The third kappa shape index (κ3) is 5.73. The SMILES string of the molecule is CCn1c(SCC(=O)NC(=O)NC2CCCCC2C)nnc1-c1cccc(Cl)c1. The van der Waals surface area contributed by atoms with E-state index in [9.17, 15) is 9.59 Å². The summed E-state index contributed by atoms with van der Waals surface area (Å²) in [6, 6.07) is 7.11. The number of thioether (sulfide) groups is 1. The Labute approximate surface area is 180 Å². The van der Waals surface area contributed by atoms with Gasteiger partial charge in [-0.1, -0.05) is 55.3 Å². The Hall–Kier alpha value is -2.06. The number of hydrogen-bond donors (Lipinski definition) is 2. The van der Waals surface area contributed by atoms with E-state index in [0.717, 1.165) is 24.8 Å². The molecule has 0 spiro atoms. The summed E-state index contributed by atoms with van der Waals surface area (Å²) in [7, 11) is 0. The van der Waals surface area contributed by atoms with Crippen LogP contribution in [0.2, 0.25) is 5.02 Å². The standard InChI is InChI=1S/C20H26ClN5O2S/c1-3-26-18(14-8-6-9-15(21)11-14)24-25-20(26)29-12-17(27)23-19(28)22-16-10-5-4-7-13(16)2/h6,8-9,11,13,16H,3-5,7,10,12H2,1-2H3,(H2,22,23,27,28). The first kappa shape index (κ1) is 21.6. The number of halogens is 1. The van der Waals surface area contributed by atoms with Gasteiger partial charge in [0.1, 0.15) is 0 Å². The Kier molecular flexibility index (Phi) is 7.55. The summed E-state index contributed by atoms with van der Waals surface area (Å²) in [6.07, 6.45) is 4.38. The molecule has 3 rings (SSSR count). The van der Waals surface area contributed by atoms with Crippen LogP contribution in [-0.4, -0.2) is 38.5 Å². The molecule has 2 N–H and O–H groups in total. The Bertz CT molecular complexity index is 872. The van der Waals surface area contributed by atoms with Crippen LogP contribution in [0.5, 0.6) is 0 Å². The lowest BCUT2D eigenvalue weighted by Crippen LogP contribution is -2.48. The Morgan fingerprint density at radius 2 is 2.07 bits per heavy atom. The van der Waals surface area contributed by atoms with E-state index in [-0.39, 0.29) is 17.7 Å². The molecule has 2 aromatic rings. The fourth-order valence-electron chi connectivity index (χ4n) is 3.55. The smallest absolute Gasteiger partial charge is 0.321 e. The van der Waals surface area contributed by atoms with Gasteiger partial charge in [-0.25, -0.2) is 4.79 Å². The number of benzene rings is 1. The van der Waals surface area contributed by atoms with Crippen molar-refractivity contribution >= 4 is 35.3 Å². The molecular weight excluding hydrogens is 410 g/mol. The molecule has 0 radical (unpaired) electrons. The van der Waals surface area contributed by atoms with Gasteiger partial charge >= 0.3 is 6.03 Å². The molecule has 1 aliphatic rings. The molecule has 2 atom stereocenters. The molecule has 29 heavy (non-hydrogen) atoms. The predicted molar refractivity (Wildman–Crippen MR) is 115 cm³/mol. The zero-order chi connectivity index (χ0) is 20.8. The van der Waals surface area contributed by atoms with Gasteiger partial charge in [0.25, 0.3) is 0 Å². The van der Waals surface area contributed by atoms with Crippen molar-refractivity contribution in [2.75, 3.05) is 5.75 Å². The second-order valence-corrected chi connectivity index (χ2v) is 8.62. The van der Waals surface area contributed by atoms with Gasteiger partial charge in [0.2, 0.25) is 5.91 Å². The Morgan fingerprint density at radius 1 is 1.28 bits per heavy atom. The number of rotatable bonds is 6. The van der Waals surface area contributed by atoms with Crippen LogP contribution in [0, 0.1) is 5.92 Å². The van der Waals surface area contributed by atoms with Crippen molar-refractivity contribution in [1.82, 2.24) is 25.4 Å². The van der Waals surface area contributed by atoms with Crippen molar-refractivity contribution in [3.05, 3.63) is 29.3 Å². The predicted octanol–water partition coefficient (Wildman–Crippen LogP) is 4.12. The Morgan fingerprint density at radius 3 is 2.79 bits per heavy atom. The molecule has 1 heterocycles.